The minimum atomic E-state index is -0.250. The highest BCUT2D eigenvalue weighted by molar-refractivity contribution is 6.02. The van der Waals surface area contributed by atoms with Crippen LogP contribution in [0.25, 0.3) is 5.52 Å². The smallest absolute Gasteiger partial charge is 0.287 e. The fraction of sp³-hybridized carbons (Fsp3) is 0.500. The van der Waals surface area contributed by atoms with E-state index in [-0.39, 0.29) is 17.6 Å². The maximum Gasteiger partial charge on any atom is 0.287 e. The lowest BCUT2D eigenvalue weighted by atomic mass is 10.2. The molecule has 0 aliphatic carbocycles. The van der Waals surface area contributed by atoms with Gasteiger partial charge in [0.1, 0.15) is 0 Å². The zero-order valence-corrected chi connectivity index (χ0v) is 14.5. The molecule has 2 N–H and O–H groups in total. The Hall–Kier alpha value is -2.37. The van der Waals surface area contributed by atoms with Crippen molar-refractivity contribution in [2.45, 2.75) is 46.0 Å². The summed E-state index contributed by atoms with van der Waals surface area (Å²) in [7, 11) is 0. The molecule has 2 amide bonds. The maximum absolute atomic E-state index is 12.4. The predicted octanol–water partition coefficient (Wildman–Crippen LogP) is 2.78. The van der Waals surface area contributed by atoms with E-state index in [9.17, 15) is 9.59 Å². The van der Waals surface area contributed by atoms with Crippen LogP contribution in [0.15, 0.2) is 24.4 Å². The molecule has 2 rings (SSSR count). The Labute approximate surface area is 142 Å². The van der Waals surface area contributed by atoms with Crippen molar-refractivity contribution in [2.75, 3.05) is 13.1 Å². The van der Waals surface area contributed by atoms with Crippen LogP contribution in [0.3, 0.4) is 0 Å². The number of nitrogens with one attached hydrogen (secondary N) is 2. The summed E-state index contributed by atoms with van der Waals surface area (Å²) in [5.41, 5.74) is 0.940. The normalized spacial score (nSPS) is 10.8. The van der Waals surface area contributed by atoms with Crippen LogP contribution in [0, 0.1) is 0 Å². The molecular formula is C18H26N4O2. The molecule has 0 atom stereocenters. The van der Waals surface area contributed by atoms with Crippen LogP contribution >= 0.6 is 0 Å². The Bertz CT molecular complexity index is 693. The van der Waals surface area contributed by atoms with Gasteiger partial charge in [0.2, 0.25) is 5.82 Å². The van der Waals surface area contributed by atoms with Gasteiger partial charge in [-0.25, -0.2) is 4.98 Å². The number of carbonyl (C=O) groups is 2. The molecule has 2 heterocycles. The van der Waals surface area contributed by atoms with E-state index in [0.717, 1.165) is 32.1 Å². The highest BCUT2D eigenvalue weighted by atomic mass is 16.2. The van der Waals surface area contributed by atoms with E-state index in [1.54, 1.807) is 16.7 Å². The highest BCUT2D eigenvalue weighted by Gasteiger charge is 2.20. The first-order valence-corrected chi connectivity index (χ1v) is 8.72. The molecule has 6 nitrogen and oxygen atoms in total. The summed E-state index contributed by atoms with van der Waals surface area (Å²) in [5.74, 6) is -0.236. The van der Waals surface area contributed by atoms with E-state index >= 15 is 0 Å². The molecule has 6 heteroatoms. The van der Waals surface area contributed by atoms with Gasteiger partial charge in [-0.05, 0) is 25.0 Å². The number of carbonyl (C=O) groups excluding carboxylic acids is 2. The molecule has 24 heavy (non-hydrogen) atoms. The summed E-state index contributed by atoms with van der Waals surface area (Å²) < 4.78 is 1.67. The Morgan fingerprint density at radius 3 is 2.46 bits per heavy atom. The summed E-state index contributed by atoms with van der Waals surface area (Å²) in [5, 5.41) is 5.73. The first-order valence-electron chi connectivity index (χ1n) is 8.72. The van der Waals surface area contributed by atoms with Crippen LogP contribution in [0.4, 0.5) is 0 Å². The second kappa shape index (κ2) is 9.05. The maximum atomic E-state index is 12.4. The molecule has 0 unspecified atom stereocenters. The van der Waals surface area contributed by atoms with Crippen molar-refractivity contribution in [1.82, 2.24) is 20.0 Å². The second-order valence-corrected chi connectivity index (χ2v) is 5.81. The number of hydrogen-bond acceptors (Lipinski definition) is 3. The summed E-state index contributed by atoms with van der Waals surface area (Å²) in [6.07, 6.45) is 6.80. The molecule has 0 radical (unpaired) electrons. The Morgan fingerprint density at radius 2 is 1.71 bits per heavy atom. The van der Waals surface area contributed by atoms with Gasteiger partial charge in [0, 0.05) is 19.3 Å². The van der Waals surface area contributed by atoms with Crippen molar-refractivity contribution in [3.05, 3.63) is 35.9 Å². The number of unbranched alkanes of at least 4 members (excludes halogenated alkanes) is 3. The molecular weight excluding hydrogens is 304 g/mol. The summed E-state index contributed by atoms with van der Waals surface area (Å²) in [6.45, 7) is 5.42. The minimum absolute atomic E-state index is 0.239. The molecule has 2 aromatic heterocycles. The number of aromatic nitrogens is 2. The monoisotopic (exact) mass is 330 g/mol. The number of rotatable bonds is 9. The van der Waals surface area contributed by atoms with Gasteiger partial charge in [-0.1, -0.05) is 39.2 Å². The highest BCUT2D eigenvalue weighted by Crippen LogP contribution is 2.13. The molecule has 0 aliphatic rings. The Morgan fingerprint density at radius 1 is 1.00 bits per heavy atom. The zero-order chi connectivity index (χ0) is 17.4. The molecule has 0 bridgehead atoms. The average molecular weight is 330 g/mol. The number of hydrogen-bond donors (Lipinski definition) is 2. The van der Waals surface area contributed by atoms with Gasteiger partial charge in [0.05, 0.1) is 5.52 Å². The molecule has 0 saturated carbocycles. The molecule has 0 saturated heterocycles. The third-order valence-corrected chi connectivity index (χ3v) is 3.85. The summed E-state index contributed by atoms with van der Waals surface area (Å²) in [6, 6.07) is 5.46. The van der Waals surface area contributed by atoms with E-state index < -0.39 is 0 Å². The molecule has 0 aromatic carbocycles. The number of imidazole rings is 1. The number of fused-ring (bicyclic) bond motifs is 1. The van der Waals surface area contributed by atoms with Gasteiger partial charge in [0.25, 0.3) is 11.8 Å². The van der Waals surface area contributed by atoms with Gasteiger partial charge >= 0.3 is 0 Å². The lowest BCUT2D eigenvalue weighted by Crippen LogP contribution is -2.27. The molecule has 0 spiro atoms. The predicted molar refractivity (Wildman–Crippen MR) is 94.3 cm³/mol. The standard InChI is InChI=1S/C18H26N4O2/c1-3-5-8-12-20-18(24)16-21-15(17(23)19-11-6-4-2)14-10-7-9-13-22(14)16/h7,9-10,13H,3-6,8,11-12H2,1-2H3,(H,19,23)(H,20,24). The van der Waals surface area contributed by atoms with Crippen LogP contribution in [0.1, 0.15) is 67.1 Å². The first kappa shape index (κ1) is 18.0. The van der Waals surface area contributed by atoms with Gasteiger partial charge in [-0.3, -0.25) is 14.0 Å². The topological polar surface area (TPSA) is 75.5 Å². The quantitative estimate of drug-likeness (QED) is 0.694. The van der Waals surface area contributed by atoms with Crippen molar-refractivity contribution >= 4 is 17.3 Å². The van der Waals surface area contributed by atoms with E-state index in [1.165, 1.54) is 0 Å². The van der Waals surface area contributed by atoms with Crippen LogP contribution in [0.5, 0.6) is 0 Å². The lowest BCUT2D eigenvalue weighted by molar-refractivity contribution is 0.0942. The van der Waals surface area contributed by atoms with E-state index in [1.807, 2.05) is 12.1 Å². The molecule has 0 fully saturated rings. The number of nitrogens with zero attached hydrogens (tertiary/aromatic N) is 2. The Balaban J connectivity index is 2.18. The lowest BCUT2D eigenvalue weighted by Gasteiger charge is -2.03. The molecule has 130 valence electrons. The minimum Gasteiger partial charge on any atom is -0.351 e. The van der Waals surface area contributed by atoms with Crippen LogP contribution < -0.4 is 10.6 Å². The van der Waals surface area contributed by atoms with Crippen molar-refractivity contribution in [2.24, 2.45) is 0 Å². The van der Waals surface area contributed by atoms with Gasteiger partial charge in [-0.15, -0.1) is 0 Å². The van der Waals surface area contributed by atoms with Crippen molar-refractivity contribution in [3.63, 3.8) is 0 Å². The van der Waals surface area contributed by atoms with E-state index in [0.29, 0.717) is 24.3 Å². The van der Waals surface area contributed by atoms with Crippen molar-refractivity contribution < 1.29 is 9.59 Å². The van der Waals surface area contributed by atoms with Gasteiger partial charge in [0.15, 0.2) is 5.69 Å². The third kappa shape index (κ3) is 4.34. The van der Waals surface area contributed by atoms with Crippen molar-refractivity contribution in [1.29, 1.82) is 0 Å². The van der Waals surface area contributed by atoms with Gasteiger partial charge < -0.3 is 10.6 Å². The Kier molecular flexibility index (Phi) is 6.78. The van der Waals surface area contributed by atoms with E-state index in [2.05, 4.69) is 29.5 Å². The van der Waals surface area contributed by atoms with Crippen molar-refractivity contribution in [3.8, 4) is 0 Å². The largest absolute Gasteiger partial charge is 0.351 e. The fourth-order valence-corrected chi connectivity index (χ4v) is 2.48. The summed E-state index contributed by atoms with van der Waals surface area (Å²) in [4.78, 5) is 29.0. The van der Waals surface area contributed by atoms with Crippen LogP contribution in [-0.4, -0.2) is 34.3 Å². The summed E-state index contributed by atoms with van der Waals surface area (Å²) >= 11 is 0. The average Bonchev–Trinajstić information content (AvgIpc) is 2.98. The SMILES string of the molecule is CCCCCNC(=O)c1nc(C(=O)NCCCC)c2ccccn12. The van der Waals surface area contributed by atoms with Crippen LogP contribution in [-0.2, 0) is 0 Å². The third-order valence-electron chi connectivity index (χ3n) is 3.85. The zero-order valence-electron chi connectivity index (χ0n) is 14.5. The second-order valence-electron chi connectivity index (χ2n) is 5.81. The number of pyridine rings is 1. The number of amides is 2. The molecule has 2 aromatic rings. The molecule has 0 aliphatic heterocycles. The fourth-order valence-electron chi connectivity index (χ4n) is 2.48. The van der Waals surface area contributed by atoms with Crippen LogP contribution in [0.2, 0.25) is 0 Å². The van der Waals surface area contributed by atoms with E-state index in [4.69, 9.17) is 0 Å². The first-order chi connectivity index (χ1) is 11.7. The van der Waals surface area contributed by atoms with Gasteiger partial charge in [-0.2, -0.15) is 0 Å².